The molecule has 1 N–H and O–H groups in total. The molecule has 1 aliphatic heterocycles. The first-order valence-corrected chi connectivity index (χ1v) is 6.01. The quantitative estimate of drug-likeness (QED) is 0.737. The number of hydrogen-bond acceptors (Lipinski definition) is 2. The van der Waals surface area contributed by atoms with E-state index in [1.807, 2.05) is 11.8 Å². The van der Waals surface area contributed by atoms with E-state index >= 15 is 0 Å². The Morgan fingerprint density at radius 3 is 2.44 bits per heavy atom. The average molecular weight is 224 g/mol. The second-order valence-electron chi connectivity index (χ2n) is 5.62. The maximum Gasteiger partial charge on any atom is 0.226 e. The lowest BCUT2D eigenvalue weighted by Crippen LogP contribution is -2.54. The fourth-order valence-corrected chi connectivity index (χ4v) is 1.94. The Kier molecular flexibility index (Phi) is 4.14. The van der Waals surface area contributed by atoms with E-state index in [1.165, 1.54) is 0 Å². The largest absolute Gasteiger partial charge is 0.334 e. The standard InChI is InChI=1S/C13H24N2O/c1-6-7-15(13(3,4)5)12(16)10(2)11-8-14-9-11/h6,10-11,14H,1,7-9H2,2-5H3. The third-order valence-electron chi connectivity index (χ3n) is 3.30. The lowest BCUT2D eigenvalue weighted by atomic mass is 9.87. The highest BCUT2D eigenvalue weighted by Crippen LogP contribution is 2.23. The van der Waals surface area contributed by atoms with E-state index in [2.05, 4.69) is 32.7 Å². The fourth-order valence-electron chi connectivity index (χ4n) is 1.94. The van der Waals surface area contributed by atoms with E-state index in [0.717, 1.165) is 13.1 Å². The van der Waals surface area contributed by atoms with Crippen LogP contribution in [0, 0.1) is 11.8 Å². The minimum Gasteiger partial charge on any atom is -0.334 e. The van der Waals surface area contributed by atoms with Gasteiger partial charge in [0.1, 0.15) is 0 Å². The second kappa shape index (κ2) is 5.00. The molecule has 3 heteroatoms. The number of rotatable bonds is 4. The number of nitrogens with zero attached hydrogens (tertiary/aromatic N) is 1. The first-order chi connectivity index (χ1) is 7.38. The van der Waals surface area contributed by atoms with Crippen molar-refractivity contribution in [2.24, 2.45) is 11.8 Å². The fraction of sp³-hybridized carbons (Fsp3) is 0.769. The zero-order valence-corrected chi connectivity index (χ0v) is 10.9. The van der Waals surface area contributed by atoms with Crippen molar-refractivity contribution >= 4 is 5.91 Å². The van der Waals surface area contributed by atoms with Crippen molar-refractivity contribution < 1.29 is 4.79 Å². The van der Waals surface area contributed by atoms with Gasteiger partial charge in [0.2, 0.25) is 5.91 Å². The zero-order valence-electron chi connectivity index (χ0n) is 10.9. The number of carbonyl (C=O) groups is 1. The monoisotopic (exact) mass is 224 g/mol. The van der Waals surface area contributed by atoms with Crippen molar-refractivity contribution in [3.8, 4) is 0 Å². The molecule has 1 fully saturated rings. The Morgan fingerprint density at radius 1 is 1.56 bits per heavy atom. The van der Waals surface area contributed by atoms with Crippen LogP contribution in [0.25, 0.3) is 0 Å². The van der Waals surface area contributed by atoms with Gasteiger partial charge < -0.3 is 10.2 Å². The molecule has 1 rings (SSSR count). The lowest BCUT2D eigenvalue weighted by molar-refractivity contribution is -0.141. The predicted molar refractivity (Wildman–Crippen MR) is 67.2 cm³/mol. The van der Waals surface area contributed by atoms with Gasteiger partial charge in [-0.25, -0.2) is 0 Å². The van der Waals surface area contributed by atoms with Gasteiger partial charge >= 0.3 is 0 Å². The maximum atomic E-state index is 12.4. The van der Waals surface area contributed by atoms with Crippen molar-refractivity contribution in [2.75, 3.05) is 19.6 Å². The summed E-state index contributed by atoms with van der Waals surface area (Å²) in [5.41, 5.74) is -0.128. The van der Waals surface area contributed by atoms with Gasteiger partial charge in [-0.15, -0.1) is 6.58 Å². The van der Waals surface area contributed by atoms with Crippen molar-refractivity contribution in [2.45, 2.75) is 33.2 Å². The highest BCUT2D eigenvalue weighted by Gasteiger charge is 2.34. The number of carbonyl (C=O) groups excluding carboxylic acids is 1. The molecule has 0 aliphatic carbocycles. The zero-order chi connectivity index (χ0) is 12.3. The summed E-state index contributed by atoms with van der Waals surface area (Å²) in [7, 11) is 0. The predicted octanol–water partition coefficient (Wildman–Crippen LogP) is 1.65. The molecular formula is C13H24N2O. The van der Waals surface area contributed by atoms with E-state index in [1.54, 1.807) is 6.08 Å². The van der Waals surface area contributed by atoms with E-state index in [-0.39, 0.29) is 17.4 Å². The van der Waals surface area contributed by atoms with Crippen LogP contribution in [-0.4, -0.2) is 36.0 Å². The van der Waals surface area contributed by atoms with Gasteiger partial charge in [-0.2, -0.15) is 0 Å². The molecule has 0 aromatic heterocycles. The lowest BCUT2D eigenvalue weighted by Gasteiger charge is -2.40. The van der Waals surface area contributed by atoms with Crippen molar-refractivity contribution in [1.82, 2.24) is 10.2 Å². The summed E-state index contributed by atoms with van der Waals surface area (Å²) >= 11 is 0. The smallest absolute Gasteiger partial charge is 0.226 e. The molecule has 1 aliphatic rings. The van der Waals surface area contributed by atoms with Crippen LogP contribution in [0.15, 0.2) is 12.7 Å². The van der Waals surface area contributed by atoms with Crippen molar-refractivity contribution in [3.63, 3.8) is 0 Å². The van der Waals surface area contributed by atoms with Crippen LogP contribution in [0.2, 0.25) is 0 Å². The Morgan fingerprint density at radius 2 is 2.12 bits per heavy atom. The molecule has 1 saturated heterocycles. The van der Waals surface area contributed by atoms with E-state index < -0.39 is 0 Å². The molecule has 0 saturated carbocycles. The van der Waals surface area contributed by atoms with Crippen molar-refractivity contribution in [3.05, 3.63) is 12.7 Å². The number of nitrogens with one attached hydrogen (secondary N) is 1. The Labute approximate surface area is 98.9 Å². The summed E-state index contributed by atoms with van der Waals surface area (Å²) in [6.45, 7) is 14.5. The van der Waals surface area contributed by atoms with Crippen LogP contribution in [-0.2, 0) is 4.79 Å². The summed E-state index contributed by atoms with van der Waals surface area (Å²) in [6.07, 6.45) is 1.80. The van der Waals surface area contributed by atoms with Crippen LogP contribution < -0.4 is 5.32 Å². The molecule has 1 amide bonds. The van der Waals surface area contributed by atoms with E-state index in [9.17, 15) is 4.79 Å². The maximum absolute atomic E-state index is 12.4. The highest BCUT2D eigenvalue weighted by atomic mass is 16.2. The summed E-state index contributed by atoms with van der Waals surface area (Å²) in [4.78, 5) is 14.3. The molecule has 1 unspecified atom stereocenters. The van der Waals surface area contributed by atoms with Gasteiger partial charge in [0, 0.05) is 18.0 Å². The van der Waals surface area contributed by atoms with E-state index in [4.69, 9.17) is 0 Å². The van der Waals surface area contributed by atoms with Crippen LogP contribution >= 0.6 is 0 Å². The Balaban J connectivity index is 2.69. The summed E-state index contributed by atoms with van der Waals surface area (Å²) in [5, 5.41) is 3.22. The summed E-state index contributed by atoms with van der Waals surface area (Å²) in [6, 6.07) is 0. The van der Waals surface area contributed by atoms with Crippen LogP contribution in [0.5, 0.6) is 0 Å². The van der Waals surface area contributed by atoms with Gasteiger partial charge in [-0.3, -0.25) is 4.79 Å². The second-order valence-corrected chi connectivity index (χ2v) is 5.62. The minimum atomic E-state index is -0.128. The van der Waals surface area contributed by atoms with Crippen LogP contribution in [0.1, 0.15) is 27.7 Å². The summed E-state index contributed by atoms with van der Waals surface area (Å²) in [5.74, 6) is 0.862. The molecule has 16 heavy (non-hydrogen) atoms. The van der Waals surface area contributed by atoms with Gasteiger partial charge in [0.25, 0.3) is 0 Å². The normalized spacial score (nSPS) is 18.8. The summed E-state index contributed by atoms with van der Waals surface area (Å²) < 4.78 is 0. The highest BCUT2D eigenvalue weighted by molar-refractivity contribution is 5.79. The molecule has 0 spiro atoms. The first kappa shape index (κ1) is 13.2. The molecular weight excluding hydrogens is 200 g/mol. The first-order valence-electron chi connectivity index (χ1n) is 6.01. The van der Waals surface area contributed by atoms with Gasteiger partial charge in [-0.05, 0) is 39.8 Å². The minimum absolute atomic E-state index is 0.112. The average Bonchev–Trinajstić information content (AvgIpc) is 2.08. The molecule has 92 valence electrons. The molecule has 0 bridgehead atoms. The van der Waals surface area contributed by atoms with E-state index in [0.29, 0.717) is 12.5 Å². The molecule has 1 atom stereocenters. The number of hydrogen-bond donors (Lipinski definition) is 1. The molecule has 0 aromatic carbocycles. The van der Waals surface area contributed by atoms with Crippen LogP contribution in [0.3, 0.4) is 0 Å². The number of amides is 1. The molecule has 0 aromatic rings. The third kappa shape index (κ3) is 2.85. The topological polar surface area (TPSA) is 32.3 Å². The molecule has 1 heterocycles. The van der Waals surface area contributed by atoms with Crippen LogP contribution in [0.4, 0.5) is 0 Å². The molecule has 3 nitrogen and oxygen atoms in total. The Bertz CT molecular complexity index is 264. The SMILES string of the molecule is C=CCN(C(=O)C(C)C1CNC1)C(C)(C)C. The van der Waals surface area contributed by atoms with Gasteiger partial charge in [0.15, 0.2) is 0 Å². The van der Waals surface area contributed by atoms with Gasteiger partial charge in [0.05, 0.1) is 0 Å². The molecule has 0 radical (unpaired) electrons. The van der Waals surface area contributed by atoms with Gasteiger partial charge in [-0.1, -0.05) is 13.0 Å². The van der Waals surface area contributed by atoms with Crippen molar-refractivity contribution in [1.29, 1.82) is 0 Å². The Hall–Kier alpha value is -0.830. The third-order valence-corrected chi connectivity index (χ3v) is 3.30.